The summed E-state index contributed by atoms with van der Waals surface area (Å²) in [6, 6.07) is 0.726. The highest BCUT2D eigenvalue weighted by Gasteiger charge is 2.11. The molecule has 0 spiro atoms. The monoisotopic (exact) mass is 186 g/mol. The molecule has 2 nitrogen and oxygen atoms in total. The standard InChI is InChI=1S/C6H14N2.2ClH/c1-6-5-7-3-4-8(6)2;;/h6-7H,3-5H2,1-2H3;2*1H. The van der Waals surface area contributed by atoms with E-state index in [9.17, 15) is 0 Å². The van der Waals surface area contributed by atoms with Crippen molar-refractivity contribution >= 4 is 24.8 Å². The van der Waals surface area contributed by atoms with E-state index in [0.717, 1.165) is 19.1 Å². The SMILES string of the molecule is CC1CNCCN1C.Cl.Cl. The highest BCUT2D eigenvalue weighted by Crippen LogP contribution is 1.95. The summed E-state index contributed by atoms with van der Waals surface area (Å²) in [4.78, 5) is 2.37. The predicted molar refractivity (Wildman–Crippen MR) is 49.5 cm³/mol. The van der Waals surface area contributed by atoms with Crippen LogP contribution in [0.5, 0.6) is 0 Å². The summed E-state index contributed by atoms with van der Waals surface area (Å²) >= 11 is 0. The lowest BCUT2D eigenvalue weighted by Crippen LogP contribution is -2.47. The maximum absolute atomic E-state index is 3.32. The van der Waals surface area contributed by atoms with Crippen molar-refractivity contribution in [2.75, 3.05) is 26.7 Å². The topological polar surface area (TPSA) is 15.3 Å². The molecule has 0 aromatic heterocycles. The zero-order valence-corrected chi connectivity index (χ0v) is 8.10. The van der Waals surface area contributed by atoms with Crippen LogP contribution in [0.25, 0.3) is 0 Å². The van der Waals surface area contributed by atoms with Gasteiger partial charge in [0.15, 0.2) is 0 Å². The number of likely N-dealkylation sites (N-methyl/N-ethyl adjacent to an activating group) is 1. The van der Waals surface area contributed by atoms with Crippen LogP contribution >= 0.6 is 24.8 Å². The Morgan fingerprint density at radius 2 is 2.00 bits per heavy atom. The van der Waals surface area contributed by atoms with Gasteiger partial charge in [-0.2, -0.15) is 0 Å². The molecule has 1 aliphatic heterocycles. The Kier molecular flexibility index (Phi) is 8.17. The second kappa shape index (κ2) is 6.23. The molecule has 1 heterocycles. The van der Waals surface area contributed by atoms with Gasteiger partial charge in [0.05, 0.1) is 0 Å². The van der Waals surface area contributed by atoms with Crippen LogP contribution in [0.1, 0.15) is 6.92 Å². The lowest BCUT2D eigenvalue weighted by Gasteiger charge is -2.29. The second-order valence-corrected chi connectivity index (χ2v) is 2.53. The molecule has 1 unspecified atom stereocenters. The molecule has 0 saturated carbocycles. The quantitative estimate of drug-likeness (QED) is 0.602. The average molecular weight is 187 g/mol. The maximum atomic E-state index is 3.32. The molecule has 1 N–H and O–H groups in total. The van der Waals surface area contributed by atoms with Gasteiger partial charge in [-0.3, -0.25) is 0 Å². The lowest BCUT2D eigenvalue weighted by atomic mass is 10.2. The van der Waals surface area contributed by atoms with Crippen LogP contribution in [-0.2, 0) is 0 Å². The normalized spacial score (nSPS) is 26.4. The van der Waals surface area contributed by atoms with Gasteiger partial charge in [0.2, 0.25) is 0 Å². The van der Waals surface area contributed by atoms with Crippen molar-refractivity contribution in [3.8, 4) is 0 Å². The number of nitrogens with zero attached hydrogens (tertiary/aromatic N) is 1. The van der Waals surface area contributed by atoms with Gasteiger partial charge in [0.25, 0.3) is 0 Å². The third-order valence-electron chi connectivity index (χ3n) is 1.83. The third-order valence-corrected chi connectivity index (χ3v) is 1.83. The first-order chi connectivity index (χ1) is 3.80. The Morgan fingerprint density at radius 1 is 1.40 bits per heavy atom. The summed E-state index contributed by atoms with van der Waals surface area (Å²) in [5.41, 5.74) is 0. The molecular weight excluding hydrogens is 171 g/mol. The minimum absolute atomic E-state index is 0. The predicted octanol–water partition coefficient (Wildman–Crippen LogP) is 0.753. The van der Waals surface area contributed by atoms with Gasteiger partial charge in [0.1, 0.15) is 0 Å². The molecule has 0 aromatic carbocycles. The van der Waals surface area contributed by atoms with Gasteiger partial charge < -0.3 is 10.2 Å². The molecule has 64 valence electrons. The van der Waals surface area contributed by atoms with Crippen molar-refractivity contribution in [1.29, 1.82) is 0 Å². The summed E-state index contributed by atoms with van der Waals surface area (Å²) in [5.74, 6) is 0. The van der Waals surface area contributed by atoms with Gasteiger partial charge in [-0.25, -0.2) is 0 Å². The van der Waals surface area contributed by atoms with Crippen LogP contribution in [0.3, 0.4) is 0 Å². The molecule has 1 fully saturated rings. The molecule has 10 heavy (non-hydrogen) atoms. The van der Waals surface area contributed by atoms with E-state index in [4.69, 9.17) is 0 Å². The number of rotatable bonds is 0. The summed E-state index contributed by atoms with van der Waals surface area (Å²) in [5, 5.41) is 3.32. The maximum Gasteiger partial charge on any atom is 0.0189 e. The summed E-state index contributed by atoms with van der Waals surface area (Å²) < 4.78 is 0. The van der Waals surface area contributed by atoms with E-state index >= 15 is 0 Å². The van der Waals surface area contributed by atoms with Crippen LogP contribution in [0.2, 0.25) is 0 Å². The number of nitrogens with one attached hydrogen (secondary N) is 1. The van der Waals surface area contributed by atoms with E-state index < -0.39 is 0 Å². The van der Waals surface area contributed by atoms with E-state index in [1.165, 1.54) is 6.54 Å². The largest absolute Gasteiger partial charge is 0.314 e. The van der Waals surface area contributed by atoms with Crippen molar-refractivity contribution in [3.63, 3.8) is 0 Å². The Labute approximate surface area is 75.2 Å². The van der Waals surface area contributed by atoms with Gasteiger partial charge in [-0.05, 0) is 14.0 Å². The smallest absolute Gasteiger partial charge is 0.0189 e. The van der Waals surface area contributed by atoms with Crippen LogP contribution in [0, 0.1) is 0 Å². The van der Waals surface area contributed by atoms with Crippen molar-refractivity contribution < 1.29 is 0 Å². The Hall–Kier alpha value is 0.500. The number of hydrogen-bond donors (Lipinski definition) is 1. The van der Waals surface area contributed by atoms with Gasteiger partial charge in [-0.1, -0.05) is 0 Å². The molecule has 0 radical (unpaired) electrons. The van der Waals surface area contributed by atoms with E-state index in [1.54, 1.807) is 0 Å². The highest BCUT2D eigenvalue weighted by molar-refractivity contribution is 5.85. The number of piperazine rings is 1. The molecule has 1 rings (SSSR count). The van der Waals surface area contributed by atoms with Gasteiger partial charge >= 0.3 is 0 Å². The molecular formula is C6H16Cl2N2. The number of hydrogen-bond acceptors (Lipinski definition) is 2. The van der Waals surface area contributed by atoms with Crippen molar-refractivity contribution in [1.82, 2.24) is 10.2 Å². The van der Waals surface area contributed by atoms with E-state index in [2.05, 4.69) is 24.2 Å². The molecule has 1 atom stereocenters. The van der Waals surface area contributed by atoms with E-state index in [1.807, 2.05) is 0 Å². The fraction of sp³-hybridized carbons (Fsp3) is 1.00. The summed E-state index contributed by atoms with van der Waals surface area (Å²) in [7, 11) is 2.17. The van der Waals surface area contributed by atoms with Crippen molar-refractivity contribution in [3.05, 3.63) is 0 Å². The Morgan fingerprint density at radius 3 is 2.30 bits per heavy atom. The lowest BCUT2D eigenvalue weighted by molar-refractivity contribution is 0.215. The van der Waals surface area contributed by atoms with Gasteiger partial charge in [0, 0.05) is 25.7 Å². The fourth-order valence-corrected chi connectivity index (χ4v) is 0.943. The van der Waals surface area contributed by atoms with Crippen molar-refractivity contribution in [2.45, 2.75) is 13.0 Å². The molecule has 0 aliphatic carbocycles. The van der Waals surface area contributed by atoms with Crippen LogP contribution in [0.4, 0.5) is 0 Å². The molecule has 0 aromatic rings. The molecule has 1 aliphatic rings. The fourth-order valence-electron chi connectivity index (χ4n) is 0.943. The molecule has 4 heteroatoms. The Balaban J connectivity index is 0. The molecule has 1 saturated heterocycles. The van der Waals surface area contributed by atoms with Gasteiger partial charge in [-0.15, -0.1) is 24.8 Å². The second-order valence-electron chi connectivity index (χ2n) is 2.53. The minimum atomic E-state index is 0. The summed E-state index contributed by atoms with van der Waals surface area (Å²) in [6.45, 7) is 5.74. The van der Waals surface area contributed by atoms with E-state index in [-0.39, 0.29) is 24.8 Å². The average Bonchev–Trinajstić information content (AvgIpc) is 1.77. The number of halogens is 2. The highest BCUT2D eigenvalue weighted by atomic mass is 35.5. The first-order valence-corrected chi connectivity index (χ1v) is 3.21. The molecule has 0 bridgehead atoms. The van der Waals surface area contributed by atoms with Crippen LogP contribution in [0.15, 0.2) is 0 Å². The van der Waals surface area contributed by atoms with Crippen LogP contribution in [-0.4, -0.2) is 37.6 Å². The third kappa shape index (κ3) is 3.62. The zero-order chi connectivity index (χ0) is 5.98. The molecule has 0 amide bonds. The zero-order valence-electron chi connectivity index (χ0n) is 6.46. The van der Waals surface area contributed by atoms with E-state index in [0.29, 0.717) is 0 Å². The first-order valence-electron chi connectivity index (χ1n) is 3.21. The minimum Gasteiger partial charge on any atom is -0.314 e. The first kappa shape index (κ1) is 13.1. The van der Waals surface area contributed by atoms with Crippen LogP contribution < -0.4 is 5.32 Å². The van der Waals surface area contributed by atoms with Crippen molar-refractivity contribution in [2.24, 2.45) is 0 Å². The summed E-state index contributed by atoms with van der Waals surface area (Å²) in [6.07, 6.45) is 0. The Bertz CT molecular complexity index is 70.1.